The van der Waals surface area contributed by atoms with Gasteiger partial charge in [-0.05, 0) is 17.4 Å². The van der Waals surface area contributed by atoms with Crippen molar-refractivity contribution in [1.82, 2.24) is 0 Å². The van der Waals surface area contributed by atoms with Crippen molar-refractivity contribution in [2.45, 2.75) is 48.0 Å². The summed E-state index contributed by atoms with van der Waals surface area (Å²) in [7, 11) is 0. The SMILES string of the molecule is C=C(CC(C)(C)C)C(=O)C(C)(C)C. The number of carbonyl (C=O) groups excluding carboxylic acids is 1. The number of rotatable bonds is 2. The van der Waals surface area contributed by atoms with E-state index >= 15 is 0 Å². The topological polar surface area (TPSA) is 17.1 Å². The molecule has 0 aromatic carbocycles. The normalized spacial score (nSPS) is 12.8. The minimum atomic E-state index is -0.289. The van der Waals surface area contributed by atoms with Crippen LogP contribution in [0.15, 0.2) is 12.2 Å². The van der Waals surface area contributed by atoms with Gasteiger partial charge < -0.3 is 0 Å². The molecular weight excluding hydrogens is 160 g/mol. The average molecular weight is 182 g/mol. The Kier molecular flexibility index (Phi) is 3.48. The van der Waals surface area contributed by atoms with E-state index in [9.17, 15) is 4.79 Å². The Morgan fingerprint density at radius 1 is 1.08 bits per heavy atom. The van der Waals surface area contributed by atoms with Gasteiger partial charge in [0.15, 0.2) is 5.78 Å². The Morgan fingerprint density at radius 3 is 1.69 bits per heavy atom. The van der Waals surface area contributed by atoms with Crippen LogP contribution in [0, 0.1) is 10.8 Å². The van der Waals surface area contributed by atoms with E-state index in [2.05, 4.69) is 27.4 Å². The molecule has 0 atom stereocenters. The molecule has 1 heteroatoms. The molecule has 0 aliphatic rings. The van der Waals surface area contributed by atoms with Crippen LogP contribution in [0.25, 0.3) is 0 Å². The van der Waals surface area contributed by atoms with Crippen LogP contribution in [-0.4, -0.2) is 5.78 Å². The van der Waals surface area contributed by atoms with Crippen LogP contribution in [0.3, 0.4) is 0 Å². The van der Waals surface area contributed by atoms with Crippen molar-refractivity contribution < 1.29 is 4.79 Å². The number of allylic oxidation sites excluding steroid dienone is 1. The monoisotopic (exact) mass is 182 g/mol. The fourth-order valence-corrected chi connectivity index (χ4v) is 1.25. The third-order valence-corrected chi connectivity index (χ3v) is 1.75. The minimum Gasteiger partial charge on any atom is -0.294 e. The number of hydrogen-bond acceptors (Lipinski definition) is 1. The number of ketones is 1. The lowest BCUT2D eigenvalue weighted by Gasteiger charge is -2.23. The van der Waals surface area contributed by atoms with Gasteiger partial charge in [0.25, 0.3) is 0 Å². The number of Topliss-reactive ketones (excluding diaryl/α,β-unsaturated/α-hetero) is 1. The molecule has 0 heterocycles. The summed E-state index contributed by atoms with van der Waals surface area (Å²) >= 11 is 0. The molecule has 13 heavy (non-hydrogen) atoms. The van der Waals surface area contributed by atoms with Crippen LogP contribution in [0.2, 0.25) is 0 Å². The molecule has 76 valence electrons. The summed E-state index contributed by atoms with van der Waals surface area (Å²) in [5.74, 6) is 0.183. The van der Waals surface area contributed by atoms with Gasteiger partial charge in [0, 0.05) is 5.41 Å². The molecule has 0 fully saturated rings. The van der Waals surface area contributed by atoms with Crippen molar-refractivity contribution in [3.63, 3.8) is 0 Å². The average Bonchev–Trinajstić information content (AvgIpc) is 1.79. The molecular formula is C12H22O. The highest BCUT2D eigenvalue weighted by molar-refractivity contribution is 5.98. The second kappa shape index (κ2) is 3.65. The molecule has 0 radical (unpaired) electrons. The van der Waals surface area contributed by atoms with Crippen LogP contribution < -0.4 is 0 Å². The molecule has 0 saturated carbocycles. The largest absolute Gasteiger partial charge is 0.294 e. The summed E-state index contributed by atoms with van der Waals surface area (Å²) in [4.78, 5) is 11.7. The first-order chi connectivity index (χ1) is 5.54. The molecule has 0 spiro atoms. The molecule has 0 aromatic heterocycles. The van der Waals surface area contributed by atoms with Crippen molar-refractivity contribution in [2.75, 3.05) is 0 Å². The minimum absolute atomic E-state index is 0.151. The molecule has 0 aliphatic carbocycles. The van der Waals surface area contributed by atoms with E-state index in [0.29, 0.717) is 0 Å². The summed E-state index contributed by atoms with van der Waals surface area (Å²) in [6.07, 6.45) is 0.781. The van der Waals surface area contributed by atoms with Gasteiger partial charge in [-0.15, -0.1) is 0 Å². The van der Waals surface area contributed by atoms with Gasteiger partial charge in [0.2, 0.25) is 0 Å². The molecule has 0 amide bonds. The third-order valence-electron chi connectivity index (χ3n) is 1.75. The second-order valence-corrected chi connectivity index (χ2v) is 5.92. The van der Waals surface area contributed by atoms with E-state index in [-0.39, 0.29) is 16.6 Å². The fraction of sp³-hybridized carbons (Fsp3) is 0.750. The smallest absolute Gasteiger partial charge is 0.163 e. The van der Waals surface area contributed by atoms with E-state index in [1.54, 1.807) is 0 Å². The second-order valence-electron chi connectivity index (χ2n) is 5.92. The lowest BCUT2D eigenvalue weighted by atomic mass is 9.80. The van der Waals surface area contributed by atoms with Crippen LogP contribution in [0.5, 0.6) is 0 Å². The molecule has 1 nitrogen and oxygen atoms in total. The van der Waals surface area contributed by atoms with E-state index in [0.717, 1.165) is 12.0 Å². The van der Waals surface area contributed by atoms with Gasteiger partial charge in [-0.25, -0.2) is 0 Å². The maximum atomic E-state index is 11.7. The quantitative estimate of drug-likeness (QED) is 0.596. The van der Waals surface area contributed by atoms with Crippen molar-refractivity contribution >= 4 is 5.78 Å². The molecule has 0 bridgehead atoms. The zero-order valence-corrected chi connectivity index (χ0v) is 9.82. The summed E-state index contributed by atoms with van der Waals surface area (Å²) in [5.41, 5.74) is 0.611. The summed E-state index contributed by atoms with van der Waals surface area (Å²) in [6, 6.07) is 0. The summed E-state index contributed by atoms with van der Waals surface area (Å²) in [5, 5.41) is 0. The fourth-order valence-electron chi connectivity index (χ4n) is 1.25. The predicted octanol–water partition coefficient (Wildman–Crippen LogP) is 3.59. The van der Waals surface area contributed by atoms with Crippen LogP contribution in [0.1, 0.15) is 48.0 Å². The van der Waals surface area contributed by atoms with E-state index < -0.39 is 0 Å². The van der Waals surface area contributed by atoms with Crippen molar-refractivity contribution in [3.05, 3.63) is 12.2 Å². The highest BCUT2D eigenvalue weighted by Gasteiger charge is 2.26. The lowest BCUT2D eigenvalue weighted by molar-refractivity contribution is -0.122. The van der Waals surface area contributed by atoms with Crippen LogP contribution in [-0.2, 0) is 4.79 Å². The Morgan fingerprint density at radius 2 is 1.46 bits per heavy atom. The molecule has 0 aliphatic heterocycles. The molecule has 0 saturated heterocycles. The highest BCUT2D eigenvalue weighted by atomic mass is 16.1. The first kappa shape index (κ1) is 12.4. The standard InChI is InChI=1S/C12H22O/c1-9(8-11(2,3)4)10(13)12(5,6)7/h1,8H2,2-7H3. The molecule has 0 unspecified atom stereocenters. The van der Waals surface area contributed by atoms with Crippen LogP contribution >= 0.6 is 0 Å². The Bertz CT molecular complexity index is 210. The molecule has 0 rings (SSSR count). The molecule has 0 aromatic rings. The predicted molar refractivity (Wildman–Crippen MR) is 57.7 cm³/mol. The van der Waals surface area contributed by atoms with Gasteiger partial charge in [0.05, 0.1) is 0 Å². The van der Waals surface area contributed by atoms with E-state index in [1.165, 1.54) is 0 Å². The van der Waals surface area contributed by atoms with Crippen molar-refractivity contribution in [2.24, 2.45) is 10.8 Å². The molecule has 0 N–H and O–H groups in total. The van der Waals surface area contributed by atoms with E-state index in [1.807, 2.05) is 20.8 Å². The van der Waals surface area contributed by atoms with Gasteiger partial charge in [-0.2, -0.15) is 0 Å². The van der Waals surface area contributed by atoms with Crippen LogP contribution in [0.4, 0.5) is 0 Å². The summed E-state index contributed by atoms with van der Waals surface area (Å²) < 4.78 is 0. The Labute approximate surface area is 82.2 Å². The first-order valence-electron chi connectivity index (χ1n) is 4.76. The third kappa shape index (κ3) is 4.87. The van der Waals surface area contributed by atoms with Crippen molar-refractivity contribution in [3.8, 4) is 0 Å². The Balaban J connectivity index is 4.40. The van der Waals surface area contributed by atoms with Gasteiger partial charge in [-0.1, -0.05) is 48.1 Å². The van der Waals surface area contributed by atoms with E-state index in [4.69, 9.17) is 0 Å². The number of carbonyl (C=O) groups is 1. The van der Waals surface area contributed by atoms with Gasteiger partial charge in [0.1, 0.15) is 0 Å². The van der Waals surface area contributed by atoms with Gasteiger partial charge >= 0.3 is 0 Å². The van der Waals surface area contributed by atoms with Gasteiger partial charge in [-0.3, -0.25) is 4.79 Å². The number of hydrogen-bond donors (Lipinski definition) is 0. The zero-order chi connectivity index (χ0) is 10.9. The zero-order valence-electron chi connectivity index (χ0n) is 9.82. The first-order valence-corrected chi connectivity index (χ1v) is 4.76. The highest BCUT2D eigenvalue weighted by Crippen LogP contribution is 2.28. The maximum Gasteiger partial charge on any atom is 0.163 e. The van der Waals surface area contributed by atoms with Crippen molar-refractivity contribution in [1.29, 1.82) is 0 Å². The maximum absolute atomic E-state index is 11.7. The lowest BCUT2D eigenvalue weighted by Crippen LogP contribution is -2.23. The summed E-state index contributed by atoms with van der Waals surface area (Å²) in [6.45, 7) is 16.0. The Hall–Kier alpha value is -0.590.